The zero-order valence-corrected chi connectivity index (χ0v) is 12.8. The molecule has 20 heavy (non-hydrogen) atoms. The number of alkyl halides is 3. The van der Waals surface area contributed by atoms with Crippen LogP contribution in [0.2, 0.25) is 0 Å². The summed E-state index contributed by atoms with van der Waals surface area (Å²) in [6.45, 7) is 4.83. The summed E-state index contributed by atoms with van der Waals surface area (Å²) in [6, 6.07) is 4.62. The standard InChI is InChI=1S/C14H17BrF3NO/c1-10-3-2-4-19(8-10)9-11-5-12(15)7-13(6-11)20-14(16,17)18/h5-7,10H,2-4,8-9H2,1H3. The lowest BCUT2D eigenvalue weighted by Gasteiger charge is -2.30. The Kier molecular flexibility index (Phi) is 4.96. The number of benzene rings is 1. The lowest BCUT2D eigenvalue weighted by atomic mass is 10.00. The van der Waals surface area contributed by atoms with E-state index in [1.54, 1.807) is 0 Å². The summed E-state index contributed by atoms with van der Waals surface area (Å²) in [4.78, 5) is 2.27. The van der Waals surface area contributed by atoms with Crippen molar-refractivity contribution >= 4 is 15.9 Å². The van der Waals surface area contributed by atoms with E-state index in [0.29, 0.717) is 16.9 Å². The normalized spacial score (nSPS) is 20.9. The molecule has 0 aromatic heterocycles. The monoisotopic (exact) mass is 351 g/mol. The molecule has 1 fully saturated rings. The first kappa shape index (κ1) is 15.6. The van der Waals surface area contributed by atoms with E-state index in [4.69, 9.17) is 0 Å². The van der Waals surface area contributed by atoms with Crippen LogP contribution in [0.25, 0.3) is 0 Å². The number of hydrogen-bond donors (Lipinski definition) is 0. The fourth-order valence-corrected chi connectivity index (χ4v) is 3.11. The summed E-state index contributed by atoms with van der Waals surface area (Å²) in [7, 11) is 0. The van der Waals surface area contributed by atoms with E-state index in [0.717, 1.165) is 25.1 Å². The van der Waals surface area contributed by atoms with Crippen molar-refractivity contribution in [3.05, 3.63) is 28.2 Å². The van der Waals surface area contributed by atoms with Gasteiger partial charge in [0.2, 0.25) is 0 Å². The number of piperidine rings is 1. The van der Waals surface area contributed by atoms with Gasteiger partial charge in [-0.2, -0.15) is 0 Å². The van der Waals surface area contributed by atoms with E-state index >= 15 is 0 Å². The van der Waals surface area contributed by atoms with Crippen LogP contribution < -0.4 is 4.74 Å². The maximum Gasteiger partial charge on any atom is 0.573 e. The molecule has 0 spiro atoms. The Bertz CT molecular complexity index is 464. The van der Waals surface area contributed by atoms with Crippen molar-refractivity contribution < 1.29 is 17.9 Å². The quantitative estimate of drug-likeness (QED) is 0.790. The topological polar surface area (TPSA) is 12.5 Å². The Morgan fingerprint density at radius 1 is 1.35 bits per heavy atom. The molecule has 1 atom stereocenters. The highest BCUT2D eigenvalue weighted by molar-refractivity contribution is 9.10. The average Bonchev–Trinajstić information content (AvgIpc) is 2.25. The second-order valence-corrected chi connectivity index (χ2v) is 6.24. The van der Waals surface area contributed by atoms with Gasteiger partial charge >= 0.3 is 6.36 Å². The van der Waals surface area contributed by atoms with E-state index in [9.17, 15) is 13.2 Å². The Morgan fingerprint density at radius 3 is 2.75 bits per heavy atom. The minimum Gasteiger partial charge on any atom is -0.406 e. The van der Waals surface area contributed by atoms with Gasteiger partial charge in [0.05, 0.1) is 0 Å². The SMILES string of the molecule is CC1CCCN(Cc2cc(Br)cc(OC(F)(F)F)c2)C1. The third-order valence-corrected chi connectivity index (χ3v) is 3.77. The summed E-state index contributed by atoms with van der Waals surface area (Å²) in [5.74, 6) is 0.466. The zero-order valence-electron chi connectivity index (χ0n) is 11.2. The van der Waals surface area contributed by atoms with Crippen molar-refractivity contribution in [2.24, 2.45) is 5.92 Å². The molecule has 1 aliphatic heterocycles. The predicted molar refractivity (Wildman–Crippen MR) is 74.5 cm³/mol. The van der Waals surface area contributed by atoms with E-state index in [2.05, 4.69) is 32.5 Å². The summed E-state index contributed by atoms with van der Waals surface area (Å²) in [5.41, 5.74) is 0.827. The Morgan fingerprint density at radius 2 is 2.10 bits per heavy atom. The molecule has 0 bridgehead atoms. The minimum absolute atomic E-state index is 0.174. The van der Waals surface area contributed by atoms with Crippen molar-refractivity contribution in [1.29, 1.82) is 0 Å². The lowest BCUT2D eigenvalue weighted by Crippen LogP contribution is -2.33. The Labute approximate surface area is 125 Å². The number of nitrogens with zero attached hydrogens (tertiary/aromatic N) is 1. The third-order valence-electron chi connectivity index (χ3n) is 3.31. The molecule has 1 heterocycles. The van der Waals surface area contributed by atoms with Gasteiger partial charge in [0.1, 0.15) is 5.75 Å². The molecule has 0 radical (unpaired) electrons. The smallest absolute Gasteiger partial charge is 0.406 e. The van der Waals surface area contributed by atoms with Crippen LogP contribution in [0.1, 0.15) is 25.3 Å². The van der Waals surface area contributed by atoms with Gasteiger partial charge in [-0.25, -0.2) is 0 Å². The second-order valence-electron chi connectivity index (χ2n) is 5.33. The largest absolute Gasteiger partial charge is 0.573 e. The van der Waals surface area contributed by atoms with Crippen molar-refractivity contribution in [3.63, 3.8) is 0 Å². The Balaban J connectivity index is 2.07. The fourth-order valence-electron chi connectivity index (χ4n) is 2.59. The van der Waals surface area contributed by atoms with Crippen LogP contribution in [0.15, 0.2) is 22.7 Å². The molecular formula is C14H17BrF3NO. The summed E-state index contributed by atoms with van der Waals surface area (Å²) in [6.07, 6.45) is -2.30. The van der Waals surface area contributed by atoms with Crippen LogP contribution >= 0.6 is 15.9 Å². The van der Waals surface area contributed by atoms with Gasteiger partial charge in [0.25, 0.3) is 0 Å². The van der Waals surface area contributed by atoms with Crippen molar-refractivity contribution in [1.82, 2.24) is 4.90 Å². The highest BCUT2D eigenvalue weighted by Gasteiger charge is 2.31. The van der Waals surface area contributed by atoms with E-state index < -0.39 is 6.36 Å². The number of halogens is 4. The van der Waals surface area contributed by atoms with E-state index in [-0.39, 0.29) is 5.75 Å². The van der Waals surface area contributed by atoms with Crippen LogP contribution in [-0.4, -0.2) is 24.4 Å². The van der Waals surface area contributed by atoms with Gasteiger partial charge in [-0.1, -0.05) is 22.9 Å². The second kappa shape index (κ2) is 6.35. The molecule has 0 N–H and O–H groups in total. The van der Waals surface area contributed by atoms with Crippen LogP contribution in [0.3, 0.4) is 0 Å². The van der Waals surface area contributed by atoms with Crippen molar-refractivity contribution in [2.75, 3.05) is 13.1 Å². The van der Waals surface area contributed by atoms with E-state index in [1.807, 2.05) is 6.07 Å². The maximum absolute atomic E-state index is 12.3. The molecule has 0 aliphatic carbocycles. The van der Waals surface area contributed by atoms with Crippen LogP contribution in [0, 0.1) is 5.92 Å². The summed E-state index contributed by atoms with van der Waals surface area (Å²) < 4.78 is 41.4. The molecule has 2 nitrogen and oxygen atoms in total. The molecular weight excluding hydrogens is 335 g/mol. The number of rotatable bonds is 3. The molecule has 0 amide bonds. The molecule has 0 saturated carbocycles. The molecule has 1 aromatic carbocycles. The fraction of sp³-hybridized carbons (Fsp3) is 0.571. The summed E-state index contributed by atoms with van der Waals surface area (Å²) in [5, 5.41) is 0. The van der Waals surface area contributed by atoms with Gasteiger partial charge in [0.15, 0.2) is 0 Å². The molecule has 6 heteroatoms. The average molecular weight is 352 g/mol. The first-order valence-electron chi connectivity index (χ1n) is 6.59. The van der Waals surface area contributed by atoms with Gasteiger partial charge in [-0.15, -0.1) is 13.2 Å². The van der Waals surface area contributed by atoms with Gasteiger partial charge in [-0.3, -0.25) is 4.90 Å². The van der Waals surface area contributed by atoms with Gasteiger partial charge in [0, 0.05) is 17.6 Å². The number of hydrogen-bond acceptors (Lipinski definition) is 2. The highest BCUT2D eigenvalue weighted by Crippen LogP contribution is 2.28. The first-order valence-corrected chi connectivity index (χ1v) is 7.39. The van der Waals surface area contributed by atoms with Gasteiger partial charge in [-0.05, 0) is 49.1 Å². The lowest BCUT2D eigenvalue weighted by molar-refractivity contribution is -0.274. The van der Waals surface area contributed by atoms with Gasteiger partial charge < -0.3 is 4.74 Å². The van der Waals surface area contributed by atoms with E-state index in [1.165, 1.54) is 18.6 Å². The summed E-state index contributed by atoms with van der Waals surface area (Å²) >= 11 is 3.23. The molecule has 1 saturated heterocycles. The number of ether oxygens (including phenoxy) is 1. The molecule has 1 aromatic rings. The zero-order chi connectivity index (χ0) is 14.8. The maximum atomic E-state index is 12.3. The van der Waals surface area contributed by atoms with Crippen LogP contribution in [-0.2, 0) is 6.54 Å². The first-order chi connectivity index (χ1) is 9.32. The van der Waals surface area contributed by atoms with Crippen LogP contribution in [0.5, 0.6) is 5.75 Å². The number of likely N-dealkylation sites (tertiary alicyclic amines) is 1. The molecule has 1 aliphatic rings. The molecule has 1 unspecified atom stereocenters. The molecule has 2 rings (SSSR count). The molecule has 112 valence electrons. The predicted octanol–water partition coefficient (Wildman–Crippen LogP) is 4.58. The third kappa shape index (κ3) is 4.98. The Hall–Kier alpha value is -0.750. The highest BCUT2D eigenvalue weighted by atomic mass is 79.9. The van der Waals surface area contributed by atoms with Crippen LogP contribution in [0.4, 0.5) is 13.2 Å². The minimum atomic E-state index is -4.66. The van der Waals surface area contributed by atoms with Crippen molar-refractivity contribution in [3.8, 4) is 5.75 Å². The van der Waals surface area contributed by atoms with Crippen molar-refractivity contribution in [2.45, 2.75) is 32.7 Å².